The van der Waals surface area contributed by atoms with Crippen molar-refractivity contribution in [3.8, 4) is 0 Å². The number of fused-ring (bicyclic) bond motifs is 1. The Kier molecular flexibility index (Phi) is 1.63. The van der Waals surface area contributed by atoms with Crippen LogP contribution in [0.4, 0.5) is 5.13 Å². The molecule has 6 heteroatoms. The number of aromatic nitrogens is 3. The van der Waals surface area contributed by atoms with Crippen molar-refractivity contribution in [2.45, 2.75) is 0 Å². The molecule has 2 rings (SSSR count). The van der Waals surface area contributed by atoms with Crippen molar-refractivity contribution < 1.29 is 0 Å². The number of nitrogens with zero attached hydrogens (tertiary/aromatic N) is 4. The van der Waals surface area contributed by atoms with Gasteiger partial charge in [0.1, 0.15) is 0 Å². The first-order valence-electron chi connectivity index (χ1n) is 3.33. The highest BCUT2D eigenvalue weighted by atomic mass is 32.1. The van der Waals surface area contributed by atoms with Gasteiger partial charge in [-0.15, -0.1) is 0 Å². The van der Waals surface area contributed by atoms with Gasteiger partial charge < -0.3 is 0 Å². The lowest BCUT2D eigenvalue weighted by atomic mass is 10.7. The molecular formula is C6H7N5S. The monoisotopic (exact) mass is 181 g/mol. The van der Waals surface area contributed by atoms with Crippen molar-refractivity contribution in [1.82, 2.24) is 15.0 Å². The highest BCUT2D eigenvalue weighted by Crippen LogP contribution is 2.22. The number of anilines is 1. The molecule has 0 fully saturated rings. The summed E-state index contributed by atoms with van der Waals surface area (Å²) in [6.07, 6.45) is 3.25. The number of rotatable bonds is 1. The third-order valence-corrected chi connectivity index (χ3v) is 2.38. The normalized spacial score (nSPS) is 10.5. The maximum absolute atomic E-state index is 5.50. The standard InChI is InChI=1S/C6H7N5S/c1-11(7)6-10-4-5(12-6)9-3-2-8-4/h2-3H,7H2,1H3. The fraction of sp³-hybridized carbons (Fsp3) is 0.167. The van der Waals surface area contributed by atoms with Crippen LogP contribution in [0.5, 0.6) is 0 Å². The Labute approximate surface area is 72.8 Å². The van der Waals surface area contributed by atoms with Crippen molar-refractivity contribution in [1.29, 1.82) is 0 Å². The molecule has 0 saturated heterocycles. The second-order valence-corrected chi connectivity index (χ2v) is 3.25. The second kappa shape index (κ2) is 2.65. The molecule has 62 valence electrons. The van der Waals surface area contributed by atoms with Crippen LogP contribution in [0.1, 0.15) is 0 Å². The zero-order valence-corrected chi connectivity index (χ0v) is 7.25. The molecule has 0 aliphatic rings. The molecule has 0 aliphatic carbocycles. The zero-order chi connectivity index (χ0) is 8.55. The third-order valence-electron chi connectivity index (χ3n) is 1.34. The molecule has 2 aromatic rings. The first-order chi connectivity index (χ1) is 5.77. The summed E-state index contributed by atoms with van der Waals surface area (Å²) in [6, 6.07) is 0. The summed E-state index contributed by atoms with van der Waals surface area (Å²) < 4.78 is 0. The first kappa shape index (κ1) is 7.38. The lowest BCUT2D eigenvalue weighted by Crippen LogP contribution is -2.24. The van der Waals surface area contributed by atoms with Crippen molar-refractivity contribution in [3.05, 3.63) is 12.4 Å². The molecule has 2 N–H and O–H groups in total. The maximum atomic E-state index is 5.50. The van der Waals surface area contributed by atoms with Crippen LogP contribution in [0.2, 0.25) is 0 Å². The number of hydrazine groups is 1. The molecule has 0 radical (unpaired) electrons. The molecule has 0 aromatic carbocycles. The lowest BCUT2D eigenvalue weighted by Gasteiger charge is -2.03. The third kappa shape index (κ3) is 1.10. The van der Waals surface area contributed by atoms with E-state index in [2.05, 4.69) is 15.0 Å². The quantitative estimate of drug-likeness (QED) is 0.509. The molecule has 5 nitrogen and oxygen atoms in total. The molecule has 0 unspecified atom stereocenters. The van der Waals surface area contributed by atoms with Gasteiger partial charge in [0.2, 0.25) is 5.13 Å². The predicted molar refractivity (Wildman–Crippen MR) is 47.8 cm³/mol. The average molecular weight is 181 g/mol. The van der Waals surface area contributed by atoms with E-state index in [-0.39, 0.29) is 0 Å². The number of hydrogen-bond acceptors (Lipinski definition) is 6. The van der Waals surface area contributed by atoms with Crippen LogP contribution in [-0.4, -0.2) is 22.0 Å². The van der Waals surface area contributed by atoms with Crippen molar-refractivity contribution >= 4 is 26.9 Å². The average Bonchev–Trinajstić information content (AvgIpc) is 2.46. The fourth-order valence-corrected chi connectivity index (χ4v) is 1.57. The Balaban J connectivity index is 2.62. The van der Waals surface area contributed by atoms with Crippen molar-refractivity contribution in [2.75, 3.05) is 12.1 Å². The largest absolute Gasteiger partial charge is 0.289 e. The van der Waals surface area contributed by atoms with Crippen molar-refractivity contribution in [2.24, 2.45) is 5.84 Å². The van der Waals surface area contributed by atoms with Crippen LogP contribution in [0, 0.1) is 0 Å². The molecular weight excluding hydrogens is 174 g/mol. The molecule has 0 atom stereocenters. The van der Waals surface area contributed by atoms with Crippen LogP contribution in [0.25, 0.3) is 10.5 Å². The van der Waals surface area contributed by atoms with E-state index in [1.54, 1.807) is 19.4 Å². The topological polar surface area (TPSA) is 67.9 Å². The second-order valence-electron chi connectivity index (χ2n) is 2.29. The van der Waals surface area contributed by atoms with Gasteiger partial charge in [0, 0.05) is 19.4 Å². The number of hydrogen-bond donors (Lipinski definition) is 1. The van der Waals surface area contributed by atoms with Gasteiger partial charge >= 0.3 is 0 Å². The van der Waals surface area contributed by atoms with E-state index < -0.39 is 0 Å². The summed E-state index contributed by atoms with van der Waals surface area (Å²) in [5.41, 5.74) is 0.648. The van der Waals surface area contributed by atoms with Gasteiger partial charge in [-0.3, -0.25) is 5.01 Å². The highest BCUT2D eigenvalue weighted by molar-refractivity contribution is 7.21. The molecule has 2 aromatic heterocycles. The minimum atomic E-state index is 0.648. The summed E-state index contributed by atoms with van der Waals surface area (Å²) >= 11 is 1.42. The summed E-state index contributed by atoms with van der Waals surface area (Å²) in [4.78, 5) is 13.1. The van der Waals surface area contributed by atoms with Gasteiger partial charge in [0.15, 0.2) is 10.5 Å². The van der Waals surface area contributed by atoms with Gasteiger partial charge in [-0.1, -0.05) is 11.3 Å². The zero-order valence-electron chi connectivity index (χ0n) is 6.43. The Bertz CT molecular complexity index is 362. The van der Waals surface area contributed by atoms with E-state index in [0.717, 1.165) is 9.96 Å². The van der Waals surface area contributed by atoms with E-state index in [0.29, 0.717) is 5.65 Å². The van der Waals surface area contributed by atoms with Gasteiger partial charge in [0.05, 0.1) is 0 Å². The van der Waals surface area contributed by atoms with Crippen LogP contribution in [0.15, 0.2) is 12.4 Å². The van der Waals surface area contributed by atoms with Gasteiger partial charge in [-0.2, -0.15) is 4.98 Å². The van der Waals surface area contributed by atoms with Gasteiger partial charge in [-0.25, -0.2) is 15.8 Å². The summed E-state index contributed by atoms with van der Waals surface area (Å²) in [5.74, 6) is 5.50. The Morgan fingerprint density at radius 1 is 1.42 bits per heavy atom. The Morgan fingerprint density at radius 3 is 2.83 bits per heavy atom. The van der Waals surface area contributed by atoms with Gasteiger partial charge in [0.25, 0.3) is 0 Å². The SMILES string of the molecule is CN(N)c1nc2nccnc2s1. The van der Waals surface area contributed by atoms with Crippen LogP contribution >= 0.6 is 11.3 Å². The molecule has 0 spiro atoms. The minimum Gasteiger partial charge on any atom is -0.289 e. The van der Waals surface area contributed by atoms with E-state index in [1.807, 2.05) is 0 Å². The molecule has 0 amide bonds. The predicted octanol–water partition coefficient (Wildman–Crippen LogP) is 0.396. The molecule has 0 aliphatic heterocycles. The van der Waals surface area contributed by atoms with Gasteiger partial charge in [-0.05, 0) is 0 Å². The number of thiazole rings is 1. The van der Waals surface area contributed by atoms with Crippen LogP contribution in [0.3, 0.4) is 0 Å². The van der Waals surface area contributed by atoms with Crippen LogP contribution < -0.4 is 10.9 Å². The molecule has 2 heterocycles. The minimum absolute atomic E-state index is 0.648. The van der Waals surface area contributed by atoms with Crippen molar-refractivity contribution in [3.63, 3.8) is 0 Å². The molecule has 12 heavy (non-hydrogen) atoms. The molecule has 0 saturated carbocycles. The van der Waals surface area contributed by atoms with Crippen LogP contribution in [-0.2, 0) is 0 Å². The summed E-state index contributed by atoms with van der Waals surface area (Å²) in [6.45, 7) is 0. The molecule has 0 bridgehead atoms. The number of nitrogens with two attached hydrogens (primary N) is 1. The smallest absolute Gasteiger partial charge is 0.203 e. The van der Waals surface area contributed by atoms with E-state index >= 15 is 0 Å². The summed E-state index contributed by atoms with van der Waals surface area (Å²) in [7, 11) is 1.73. The highest BCUT2D eigenvalue weighted by Gasteiger charge is 2.05. The van der Waals surface area contributed by atoms with E-state index in [4.69, 9.17) is 5.84 Å². The Morgan fingerprint density at radius 2 is 2.17 bits per heavy atom. The maximum Gasteiger partial charge on any atom is 0.203 e. The lowest BCUT2D eigenvalue weighted by molar-refractivity contribution is 1.00. The van der Waals surface area contributed by atoms with E-state index in [1.165, 1.54) is 16.3 Å². The summed E-state index contributed by atoms with van der Waals surface area (Å²) in [5, 5.41) is 2.17. The fourth-order valence-electron chi connectivity index (χ4n) is 0.817. The van der Waals surface area contributed by atoms with E-state index in [9.17, 15) is 0 Å². The first-order valence-corrected chi connectivity index (χ1v) is 4.15. The Hall–Kier alpha value is -1.27.